The van der Waals surface area contributed by atoms with E-state index in [2.05, 4.69) is 161 Å². The molecule has 0 spiro atoms. The Morgan fingerprint density at radius 1 is 0.523 bits per heavy atom. The molecule has 0 radical (unpaired) electrons. The van der Waals surface area contributed by atoms with Crippen molar-refractivity contribution < 1.29 is 0 Å². The summed E-state index contributed by atoms with van der Waals surface area (Å²) in [5.41, 5.74) is 14.3. The lowest BCUT2D eigenvalue weighted by molar-refractivity contribution is 0.831. The van der Waals surface area contributed by atoms with Crippen LogP contribution in [-0.4, -0.2) is 10.4 Å². The van der Waals surface area contributed by atoms with Crippen molar-refractivity contribution in [2.24, 2.45) is 0 Å². The van der Waals surface area contributed by atoms with Crippen molar-refractivity contribution in [2.45, 2.75) is 12.5 Å². The highest BCUT2D eigenvalue weighted by molar-refractivity contribution is 6.24. The lowest BCUT2D eigenvalue weighted by Crippen LogP contribution is -2.27. The topological polar surface area (TPSA) is 7.65 Å². The van der Waals surface area contributed by atoms with Crippen molar-refractivity contribution in [3.63, 3.8) is 0 Å². The van der Waals surface area contributed by atoms with E-state index in [1.165, 1.54) is 82.9 Å². The highest BCUT2D eigenvalue weighted by Crippen LogP contribution is 2.52. The first-order valence-electron chi connectivity index (χ1n) is 15.5. The van der Waals surface area contributed by atoms with Crippen LogP contribution < -0.4 is 4.90 Å². The van der Waals surface area contributed by atoms with Crippen molar-refractivity contribution >= 4 is 60.6 Å². The Balaban J connectivity index is 1.22. The van der Waals surface area contributed by atoms with Gasteiger partial charge in [-0.1, -0.05) is 109 Å². The molecule has 2 nitrogen and oxygen atoms in total. The number of anilines is 2. The monoisotopic (exact) mass is 560 g/mol. The van der Waals surface area contributed by atoms with Gasteiger partial charge in [-0.2, -0.15) is 0 Å². The van der Waals surface area contributed by atoms with E-state index < -0.39 is 0 Å². The van der Waals surface area contributed by atoms with Crippen molar-refractivity contribution in [3.05, 3.63) is 163 Å². The van der Waals surface area contributed by atoms with Crippen molar-refractivity contribution in [1.82, 2.24) is 4.40 Å². The van der Waals surface area contributed by atoms with Gasteiger partial charge in [0.05, 0.1) is 22.6 Å². The van der Waals surface area contributed by atoms with Crippen LogP contribution in [0.3, 0.4) is 0 Å². The van der Waals surface area contributed by atoms with E-state index in [4.69, 9.17) is 0 Å². The zero-order valence-corrected chi connectivity index (χ0v) is 24.1. The Morgan fingerprint density at radius 3 is 1.95 bits per heavy atom. The van der Waals surface area contributed by atoms with Crippen LogP contribution in [0.5, 0.6) is 0 Å². The SMILES string of the molecule is C1=CC(c2cc3c4ccccc4n4c5ccccc5c(c2)c34)=C2c3ccccc3N(c3cccc(-c4ccccc4)c3)C2C1. The highest BCUT2D eigenvalue weighted by Gasteiger charge is 2.37. The van der Waals surface area contributed by atoms with Gasteiger partial charge in [0, 0.05) is 38.5 Å². The first-order valence-corrected chi connectivity index (χ1v) is 15.5. The Kier molecular flexibility index (Phi) is 4.86. The van der Waals surface area contributed by atoms with Gasteiger partial charge < -0.3 is 9.30 Å². The van der Waals surface area contributed by atoms with Crippen LogP contribution in [0, 0.1) is 0 Å². The van der Waals surface area contributed by atoms with Gasteiger partial charge in [-0.05, 0) is 76.7 Å². The zero-order valence-electron chi connectivity index (χ0n) is 24.1. The molecule has 2 aliphatic rings. The lowest BCUT2D eigenvalue weighted by Gasteiger charge is -2.30. The maximum Gasteiger partial charge on any atom is 0.0639 e. The van der Waals surface area contributed by atoms with Crippen LogP contribution in [0.1, 0.15) is 17.5 Å². The lowest BCUT2D eigenvalue weighted by atomic mass is 9.86. The second-order valence-electron chi connectivity index (χ2n) is 12.1. The number of aromatic nitrogens is 1. The van der Waals surface area contributed by atoms with E-state index >= 15 is 0 Å². The Labute approximate surface area is 255 Å². The quantitative estimate of drug-likeness (QED) is 0.209. The molecule has 3 heterocycles. The first-order chi connectivity index (χ1) is 21.8. The molecule has 0 fully saturated rings. The van der Waals surface area contributed by atoms with E-state index in [0.717, 1.165) is 6.42 Å². The number of allylic oxidation sites excluding steroid dienone is 2. The van der Waals surface area contributed by atoms with E-state index in [0.29, 0.717) is 0 Å². The molecule has 1 aliphatic heterocycles. The summed E-state index contributed by atoms with van der Waals surface area (Å²) < 4.78 is 2.46. The molecule has 0 bridgehead atoms. The Morgan fingerprint density at radius 2 is 1.18 bits per heavy atom. The van der Waals surface area contributed by atoms with E-state index in [1.807, 2.05) is 0 Å². The van der Waals surface area contributed by atoms with Crippen LogP contribution in [0.25, 0.3) is 60.4 Å². The fraction of sp³-hybridized carbons (Fsp3) is 0.0476. The predicted molar refractivity (Wildman–Crippen MR) is 186 cm³/mol. The fourth-order valence-electron chi connectivity index (χ4n) is 7.98. The van der Waals surface area contributed by atoms with Crippen LogP contribution in [0.2, 0.25) is 0 Å². The van der Waals surface area contributed by atoms with E-state index in [-0.39, 0.29) is 6.04 Å². The van der Waals surface area contributed by atoms with Crippen LogP contribution in [-0.2, 0) is 0 Å². The summed E-state index contributed by atoms with van der Waals surface area (Å²) in [6.07, 6.45) is 5.73. The minimum atomic E-state index is 0.233. The van der Waals surface area contributed by atoms with Gasteiger partial charge in [-0.3, -0.25) is 0 Å². The summed E-state index contributed by atoms with van der Waals surface area (Å²) >= 11 is 0. The Hall–Kier alpha value is -5.60. The molecule has 0 saturated heterocycles. The normalized spacial score (nSPS) is 16.1. The van der Waals surface area contributed by atoms with Crippen LogP contribution in [0.4, 0.5) is 11.4 Å². The predicted octanol–water partition coefficient (Wildman–Crippen LogP) is 10.9. The molecule has 8 aromatic rings. The summed E-state index contributed by atoms with van der Waals surface area (Å²) in [5, 5.41) is 5.28. The summed E-state index contributed by atoms with van der Waals surface area (Å²) in [5.74, 6) is 0. The van der Waals surface area contributed by atoms with Gasteiger partial charge in [0.15, 0.2) is 0 Å². The number of para-hydroxylation sites is 3. The number of hydrogen-bond acceptors (Lipinski definition) is 1. The van der Waals surface area contributed by atoms with E-state index in [1.54, 1.807) is 0 Å². The molecule has 44 heavy (non-hydrogen) atoms. The molecule has 1 atom stereocenters. The van der Waals surface area contributed by atoms with Gasteiger partial charge in [0.1, 0.15) is 0 Å². The molecule has 6 aromatic carbocycles. The van der Waals surface area contributed by atoms with Crippen molar-refractivity contribution in [3.8, 4) is 11.1 Å². The Bertz CT molecular complexity index is 2390. The number of fused-ring (bicyclic) bond motifs is 9. The largest absolute Gasteiger partial charge is 0.333 e. The summed E-state index contributed by atoms with van der Waals surface area (Å²) in [7, 11) is 0. The van der Waals surface area contributed by atoms with Crippen molar-refractivity contribution in [2.75, 3.05) is 4.90 Å². The summed E-state index contributed by atoms with van der Waals surface area (Å²) in [4.78, 5) is 2.57. The molecule has 0 N–H and O–H groups in total. The second kappa shape index (κ2) is 8.95. The van der Waals surface area contributed by atoms with Gasteiger partial charge in [0.2, 0.25) is 0 Å². The number of hydrogen-bond donors (Lipinski definition) is 0. The second-order valence-corrected chi connectivity index (χ2v) is 12.1. The third-order valence-electron chi connectivity index (χ3n) is 9.78. The van der Waals surface area contributed by atoms with Gasteiger partial charge in [0.25, 0.3) is 0 Å². The minimum Gasteiger partial charge on any atom is -0.333 e. The third kappa shape index (κ3) is 3.20. The molecule has 2 aromatic heterocycles. The van der Waals surface area contributed by atoms with Crippen molar-refractivity contribution in [1.29, 1.82) is 0 Å². The molecule has 0 saturated carbocycles. The average molecular weight is 561 g/mol. The molecule has 1 aliphatic carbocycles. The van der Waals surface area contributed by atoms with E-state index in [9.17, 15) is 0 Å². The molecule has 1 unspecified atom stereocenters. The number of nitrogens with zero attached hydrogens (tertiary/aromatic N) is 2. The van der Waals surface area contributed by atoms with Gasteiger partial charge in [-0.15, -0.1) is 0 Å². The summed E-state index contributed by atoms with van der Waals surface area (Å²) in [6, 6.07) is 51.5. The molecule has 2 heteroatoms. The standard InChI is InChI=1S/C42H28N2/c1-2-12-27(13-3-1)28-14-10-15-30(24-28)43-39-22-9-6-18-34(39)41-31(19-11-23-40(41)43)29-25-35-32-16-4-7-20-37(32)44-38-21-8-5-17-33(38)36(26-29)42(35)44/h1-22,24-26,40H,23H2. The molecule has 206 valence electrons. The first kappa shape index (κ1) is 23.9. The zero-order chi connectivity index (χ0) is 28.8. The number of benzene rings is 6. The highest BCUT2D eigenvalue weighted by atomic mass is 15.2. The fourth-order valence-corrected chi connectivity index (χ4v) is 7.98. The average Bonchev–Trinajstić information content (AvgIpc) is 3.73. The molecule has 10 rings (SSSR count). The summed E-state index contributed by atoms with van der Waals surface area (Å²) in [6.45, 7) is 0. The van der Waals surface area contributed by atoms with Gasteiger partial charge in [-0.25, -0.2) is 0 Å². The number of rotatable bonds is 3. The van der Waals surface area contributed by atoms with Crippen LogP contribution in [0.15, 0.2) is 152 Å². The smallest absolute Gasteiger partial charge is 0.0639 e. The minimum absolute atomic E-state index is 0.233. The maximum atomic E-state index is 2.57. The molecular formula is C42H28N2. The third-order valence-corrected chi connectivity index (χ3v) is 9.78. The maximum absolute atomic E-state index is 2.57. The van der Waals surface area contributed by atoms with Crippen LogP contribution >= 0.6 is 0 Å². The molecule has 0 amide bonds. The van der Waals surface area contributed by atoms with Gasteiger partial charge >= 0.3 is 0 Å². The molecular weight excluding hydrogens is 532 g/mol.